The Labute approximate surface area is 145 Å². The first-order chi connectivity index (χ1) is 11.7. The predicted octanol–water partition coefficient (Wildman–Crippen LogP) is 3.88. The molecular weight excluding hydrogens is 316 g/mol. The number of benzene rings is 1. The fourth-order valence-corrected chi connectivity index (χ4v) is 6.12. The number of hydrogen-bond acceptors (Lipinski definition) is 5. The normalized spacial score (nSPS) is 31.3. The van der Waals surface area contributed by atoms with Gasteiger partial charge in [0.1, 0.15) is 11.7 Å². The van der Waals surface area contributed by atoms with Crippen LogP contribution in [0.15, 0.2) is 29.4 Å². The molecule has 122 valence electrons. The summed E-state index contributed by atoms with van der Waals surface area (Å²) in [6.07, 6.45) is 6.60. The largest absolute Gasteiger partial charge is 0.333 e. The summed E-state index contributed by atoms with van der Waals surface area (Å²) >= 11 is 1.68. The minimum Gasteiger partial charge on any atom is -0.333 e. The number of rotatable bonds is 1. The van der Waals surface area contributed by atoms with Gasteiger partial charge in [0.2, 0.25) is 0 Å². The Kier molecular flexibility index (Phi) is 2.96. The maximum Gasteiger partial charge on any atom is 0.167 e. The molecule has 5 heteroatoms. The second-order valence-corrected chi connectivity index (χ2v) is 8.45. The van der Waals surface area contributed by atoms with Gasteiger partial charge in [0.25, 0.3) is 0 Å². The Bertz CT molecular complexity index is 884. The summed E-state index contributed by atoms with van der Waals surface area (Å²) in [7, 11) is 2.19. The lowest BCUT2D eigenvalue weighted by Gasteiger charge is -2.52. The van der Waals surface area contributed by atoms with Crippen molar-refractivity contribution in [3.8, 4) is 6.07 Å². The van der Waals surface area contributed by atoms with Crippen molar-refractivity contribution in [2.24, 2.45) is 16.9 Å². The molecule has 2 heterocycles. The van der Waals surface area contributed by atoms with E-state index in [-0.39, 0.29) is 5.66 Å². The maximum atomic E-state index is 9.34. The van der Waals surface area contributed by atoms with Crippen LogP contribution in [0.1, 0.15) is 42.5 Å². The van der Waals surface area contributed by atoms with E-state index in [1.165, 1.54) is 32.1 Å². The van der Waals surface area contributed by atoms with Gasteiger partial charge < -0.3 is 4.90 Å². The van der Waals surface area contributed by atoms with Crippen LogP contribution in [0.2, 0.25) is 0 Å². The third-order valence-electron chi connectivity index (χ3n) is 6.28. The molecule has 1 aromatic carbocycles. The highest BCUT2D eigenvalue weighted by Gasteiger charge is 2.53. The van der Waals surface area contributed by atoms with E-state index < -0.39 is 0 Å². The van der Waals surface area contributed by atoms with Gasteiger partial charge in [-0.05, 0) is 55.5 Å². The molecule has 1 N–H and O–H groups in total. The molecule has 2 aromatic rings. The molecule has 0 amide bonds. The number of nitriles is 1. The lowest BCUT2D eigenvalue weighted by Crippen LogP contribution is -2.62. The van der Waals surface area contributed by atoms with Crippen LogP contribution in [0, 0.1) is 23.2 Å². The van der Waals surface area contributed by atoms with Crippen LogP contribution in [0.3, 0.4) is 0 Å². The van der Waals surface area contributed by atoms with E-state index in [0.717, 1.165) is 32.3 Å². The molecule has 6 rings (SSSR count). The van der Waals surface area contributed by atoms with E-state index in [1.54, 1.807) is 11.3 Å². The van der Waals surface area contributed by atoms with Crippen molar-refractivity contribution >= 4 is 27.3 Å². The Morgan fingerprint density at radius 1 is 1.33 bits per heavy atom. The molecule has 24 heavy (non-hydrogen) atoms. The third kappa shape index (κ3) is 1.81. The molecule has 1 aromatic heterocycles. The zero-order chi connectivity index (χ0) is 16.3. The first-order valence-corrected chi connectivity index (χ1v) is 9.54. The Morgan fingerprint density at radius 3 is 2.88 bits per heavy atom. The second-order valence-electron chi connectivity index (χ2n) is 7.40. The van der Waals surface area contributed by atoms with Gasteiger partial charge >= 0.3 is 0 Å². The zero-order valence-corrected chi connectivity index (χ0v) is 14.6. The van der Waals surface area contributed by atoms with Crippen molar-refractivity contribution in [1.82, 2.24) is 10.3 Å². The molecule has 1 atom stereocenters. The molecule has 0 radical (unpaired) electrons. The maximum absolute atomic E-state index is 9.34. The molecule has 4 aliphatic rings. The van der Waals surface area contributed by atoms with Gasteiger partial charge in [-0.3, -0.25) is 5.43 Å². The first-order valence-electron chi connectivity index (χ1n) is 8.73. The lowest BCUT2D eigenvalue weighted by atomic mass is 9.64. The van der Waals surface area contributed by atoms with E-state index in [1.807, 2.05) is 12.1 Å². The minimum absolute atomic E-state index is 0.0186. The van der Waals surface area contributed by atoms with Crippen LogP contribution in [-0.2, 0) is 0 Å². The van der Waals surface area contributed by atoms with Crippen molar-refractivity contribution < 1.29 is 0 Å². The average Bonchev–Trinajstić information content (AvgIpc) is 3.18. The fraction of sp³-hybridized carbons (Fsp3) is 0.474. The second kappa shape index (κ2) is 4.97. The van der Waals surface area contributed by atoms with Crippen molar-refractivity contribution in [2.75, 3.05) is 7.05 Å². The summed E-state index contributed by atoms with van der Waals surface area (Å²) in [5, 5.41) is 15.2. The van der Waals surface area contributed by atoms with Gasteiger partial charge in [0.05, 0.1) is 15.1 Å². The molecule has 4 nitrogen and oxygen atoms in total. The topological polar surface area (TPSA) is 51.4 Å². The van der Waals surface area contributed by atoms with E-state index in [9.17, 15) is 5.26 Å². The van der Waals surface area contributed by atoms with Gasteiger partial charge in [-0.15, -0.1) is 11.3 Å². The van der Waals surface area contributed by atoms with Gasteiger partial charge in [-0.2, -0.15) is 10.4 Å². The van der Waals surface area contributed by atoms with Crippen LogP contribution >= 0.6 is 11.3 Å². The summed E-state index contributed by atoms with van der Waals surface area (Å²) in [5.74, 6) is 2.57. The molecule has 0 saturated heterocycles. The standard InChI is InChI=1S/C19H20N4S/c1-23-18(16-9-13-3-2-4-14(11-20)17(13)24-16)21-22-19(23)10-12-5-7-15(19)8-6-12/h2-4,9,12,15,22H,5-8,10H2,1H3/t12?,15?,19-/m0/s1. The number of thiophene rings is 1. The summed E-state index contributed by atoms with van der Waals surface area (Å²) < 4.78 is 1.07. The highest BCUT2D eigenvalue weighted by molar-refractivity contribution is 7.21. The Morgan fingerprint density at radius 2 is 2.17 bits per heavy atom. The number of nitrogens with zero attached hydrogens (tertiary/aromatic N) is 3. The molecule has 3 aliphatic carbocycles. The smallest absolute Gasteiger partial charge is 0.167 e. The van der Waals surface area contributed by atoms with Gasteiger partial charge in [0, 0.05) is 13.0 Å². The quantitative estimate of drug-likeness (QED) is 0.860. The minimum atomic E-state index is 0.0186. The molecular formula is C19H20N4S. The van der Waals surface area contributed by atoms with E-state index in [2.05, 4.69) is 35.6 Å². The Hall–Kier alpha value is -2.06. The molecule has 3 fully saturated rings. The molecule has 1 spiro atoms. The molecule has 3 saturated carbocycles. The van der Waals surface area contributed by atoms with Crippen LogP contribution in [-0.4, -0.2) is 23.4 Å². The van der Waals surface area contributed by atoms with E-state index >= 15 is 0 Å². The van der Waals surface area contributed by atoms with E-state index in [0.29, 0.717) is 5.92 Å². The van der Waals surface area contributed by atoms with E-state index in [4.69, 9.17) is 5.10 Å². The van der Waals surface area contributed by atoms with Gasteiger partial charge in [0.15, 0.2) is 5.84 Å². The molecule has 2 bridgehead atoms. The Balaban J connectivity index is 1.54. The predicted molar refractivity (Wildman–Crippen MR) is 96.8 cm³/mol. The average molecular weight is 336 g/mol. The zero-order valence-electron chi connectivity index (χ0n) is 13.7. The number of nitrogens with one attached hydrogen (secondary N) is 1. The summed E-state index contributed by atoms with van der Waals surface area (Å²) in [5.41, 5.74) is 4.30. The summed E-state index contributed by atoms with van der Waals surface area (Å²) in [4.78, 5) is 3.54. The van der Waals surface area contributed by atoms with Gasteiger partial charge in [-0.25, -0.2) is 0 Å². The van der Waals surface area contributed by atoms with Crippen molar-refractivity contribution in [3.05, 3.63) is 34.7 Å². The summed E-state index contributed by atoms with van der Waals surface area (Å²) in [6, 6.07) is 10.4. The highest BCUT2D eigenvalue weighted by Crippen LogP contribution is 2.50. The third-order valence-corrected chi connectivity index (χ3v) is 7.46. The molecule has 0 unspecified atom stereocenters. The lowest BCUT2D eigenvalue weighted by molar-refractivity contribution is -0.0196. The van der Waals surface area contributed by atoms with Crippen molar-refractivity contribution in [2.45, 2.75) is 37.8 Å². The highest BCUT2D eigenvalue weighted by atomic mass is 32.1. The monoisotopic (exact) mass is 336 g/mol. The first kappa shape index (κ1) is 14.3. The van der Waals surface area contributed by atoms with Crippen LogP contribution in [0.5, 0.6) is 0 Å². The SMILES string of the molecule is CN1C(c2cc3cccc(C#N)c3s2)=NN[C@@]12CC1CCC2CC1. The van der Waals surface area contributed by atoms with Crippen molar-refractivity contribution in [1.29, 1.82) is 5.26 Å². The van der Waals surface area contributed by atoms with Crippen LogP contribution < -0.4 is 5.43 Å². The van der Waals surface area contributed by atoms with Crippen LogP contribution in [0.4, 0.5) is 0 Å². The van der Waals surface area contributed by atoms with Crippen molar-refractivity contribution in [3.63, 3.8) is 0 Å². The number of hydrazone groups is 1. The number of amidine groups is 1. The number of hydrogen-bond donors (Lipinski definition) is 1. The molecule has 1 aliphatic heterocycles. The van der Waals surface area contributed by atoms with Crippen LogP contribution in [0.25, 0.3) is 10.1 Å². The fourth-order valence-electron chi connectivity index (χ4n) is 4.97. The summed E-state index contributed by atoms with van der Waals surface area (Å²) in [6.45, 7) is 0. The number of fused-ring (bicyclic) bond motifs is 3. The van der Waals surface area contributed by atoms with Gasteiger partial charge in [-0.1, -0.05) is 12.1 Å².